The van der Waals surface area contributed by atoms with Gasteiger partial charge in [-0.15, -0.1) is 0 Å². The molecule has 0 aliphatic carbocycles. The van der Waals surface area contributed by atoms with Gasteiger partial charge in [-0.1, -0.05) is 109 Å². The van der Waals surface area contributed by atoms with Crippen molar-refractivity contribution in [1.82, 2.24) is 0 Å². The summed E-state index contributed by atoms with van der Waals surface area (Å²) in [6, 6.07) is 30.7. The lowest BCUT2D eigenvalue weighted by Gasteiger charge is -2.08. The normalized spacial score (nSPS) is 11.1. The molecule has 3 rings (SSSR count). The second-order valence-corrected chi connectivity index (χ2v) is 5.60. The van der Waals surface area contributed by atoms with Crippen molar-refractivity contribution >= 4 is 22.2 Å². The molecule has 0 saturated heterocycles. The van der Waals surface area contributed by atoms with Crippen molar-refractivity contribution in [2.24, 2.45) is 0 Å². The number of hydrogen-bond donors (Lipinski definition) is 0. The zero-order chi connectivity index (χ0) is 15.9. The largest absolute Gasteiger partial charge is 0.0837 e. The van der Waals surface area contributed by atoms with Crippen molar-refractivity contribution in [3.8, 4) is 0 Å². The van der Waals surface area contributed by atoms with E-state index in [2.05, 4.69) is 54.6 Å². The van der Waals surface area contributed by atoms with Crippen molar-refractivity contribution in [3.05, 3.63) is 120 Å². The molecule has 0 heterocycles. The van der Waals surface area contributed by atoms with Crippen molar-refractivity contribution in [3.63, 3.8) is 0 Å². The van der Waals surface area contributed by atoms with Crippen LogP contribution in [0, 0.1) is 0 Å². The highest BCUT2D eigenvalue weighted by Crippen LogP contribution is 2.25. The second-order valence-electron chi connectivity index (χ2n) is 5.19. The minimum atomic E-state index is 0.731. The average Bonchev–Trinajstić information content (AvgIpc) is 2.64. The number of benzene rings is 3. The Morgan fingerprint density at radius 1 is 0.522 bits per heavy atom. The quantitative estimate of drug-likeness (QED) is 0.489. The number of halogens is 1. The summed E-state index contributed by atoms with van der Waals surface area (Å²) in [5, 5.41) is 0.731. The molecule has 3 aromatic rings. The smallest absolute Gasteiger partial charge is 0.0478 e. The van der Waals surface area contributed by atoms with Crippen LogP contribution in [0.4, 0.5) is 0 Å². The van der Waals surface area contributed by atoms with Crippen LogP contribution in [0.15, 0.2) is 103 Å². The van der Waals surface area contributed by atoms with Gasteiger partial charge in [-0.2, -0.15) is 0 Å². The van der Waals surface area contributed by atoms with E-state index in [1.807, 2.05) is 48.5 Å². The molecule has 0 fully saturated rings. The molecule has 23 heavy (non-hydrogen) atoms. The van der Waals surface area contributed by atoms with Crippen LogP contribution in [0.3, 0.4) is 0 Å². The molecule has 0 saturated carbocycles. The first-order valence-electron chi connectivity index (χ1n) is 7.58. The maximum atomic E-state index is 6.44. The molecule has 0 aliphatic rings. The first-order chi connectivity index (χ1) is 11.3. The van der Waals surface area contributed by atoms with E-state index in [0.29, 0.717) is 0 Å². The van der Waals surface area contributed by atoms with Crippen LogP contribution in [0.25, 0.3) is 10.6 Å². The highest BCUT2D eigenvalue weighted by atomic mass is 35.5. The van der Waals surface area contributed by atoms with Gasteiger partial charge in [0.05, 0.1) is 0 Å². The van der Waals surface area contributed by atoms with E-state index >= 15 is 0 Å². The molecule has 0 unspecified atom stereocenters. The second kappa shape index (κ2) is 7.62. The van der Waals surface area contributed by atoms with Gasteiger partial charge < -0.3 is 0 Å². The highest BCUT2D eigenvalue weighted by Gasteiger charge is 2.03. The Balaban J connectivity index is 2.02. The van der Waals surface area contributed by atoms with Gasteiger partial charge >= 0.3 is 0 Å². The van der Waals surface area contributed by atoms with E-state index in [0.717, 1.165) is 16.2 Å². The summed E-state index contributed by atoms with van der Waals surface area (Å²) < 4.78 is 0. The first-order valence-corrected chi connectivity index (χ1v) is 7.96. The molecule has 0 N–H and O–H groups in total. The minimum absolute atomic E-state index is 0.731. The van der Waals surface area contributed by atoms with Gasteiger partial charge in [0.15, 0.2) is 0 Å². The van der Waals surface area contributed by atoms with Crippen molar-refractivity contribution < 1.29 is 0 Å². The predicted octanol–water partition coefficient (Wildman–Crippen LogP) is 6.40. The van der Waals surface area contributed by atoms with Gasteiger partial charge in [0, 0.05) is 5.03 Å². The Labute approximate surface area is 142 Å². The third-order valence-electron chi connectivity index (χ3n) is 3.62. The zero-order valence-electron chi connectivity index (χ0n) is 12.7. The molecule has 1 heteroatoms. The van der Waals surface area contributed by atoms with Crippen molar-refractivity contribution in [1.29, 1.82) is 0 Å². The fourth-order valence-corrected chi connectivity index (χ4v) is 2.63. The number of allylic oxidation sites excluding steroid dienone is 2. The van der Waals surface area contributed by atoms with Gasteiger partial charge in [-0.05, 0) is 28.3 Å². The summed E-state index contributed by atoms with van der Waals surface area (Å²) in [5.74, 6) is 0. The van der Waals surface area contributed by atoms with Gasteiger partial charge in [0.25, 0.3) is 0 Å². The lowest BCUT2D eigenvalue weighted by Crippen LogP contribution is -1.87. The van der Waals surface area contributed by atoms with Crippen LogP contribution in [0.1, 0.15) is 16.7 Å². The Morgan fingerprint density at radius 3 is 1.35 bits per heavy atom. The number of hydrogen-bond acceptors (Lipinski definition) is 0. The summed E-state index contributed by atoms with van der Waals surface area (Å²) in [7, 11) is 0. The third-order valence-corrected chi connectivity index (χ3v) is 3.96. The van der Waals surface area contributed by atoms with Gasteiger partial charge in [-0.25, -0.2) is 0 Å². The Hall–Kier alpha value is -2.57. The third kappa shape index (κ3) is 4.00. The Morgan fingerprint density at radius 2 is 0.913 bits per heavy atom. The topological polar surface area (TPSA) is 0 Å². The van der Waals surface area contributed by atoms with Gasteiger partial charge in [0.2, 0.25) is 0 Å². The maximum absolute atomic E-state index is 6.44. The van der Waals surface area contributed by atoms with Crippen LogP contribution >= 0.6 is 11.6 Å². The first kappa shape index (κ1) is 15.3. The van der Waals surface area contributed by atoms with E-state index in [4.69, 9.17) is 11.6 Å². The molecule has 0 spiro atoms. The zero-order valence-corrected chi connectivity index (χ0v) is 13.4. The fourth-order valence-electron chi connectivity index (χ4n) is 2.44. The van der Waals surface area contributed by atoms with Crippen molar-refractivity contribution in [2.75, 3.05) is 0 Å². The summed E-state index contributed by atoms with van der Waals surface area (Å²) in [6.07, 6.45) is 4.05. The van der Waals surface area contributed by atoms with E-state index in [1.165, 1.54) is 11.1 Å². The molecular weight excluding hydrogens is 300 g/mol. The van der Waals surface area contributed by atoms with E-state index in [9.17, 15) is 0 Å². The summed E-state index contributed by atoms with van der Waals surface area (Å²) in [6.45, 7) is 0. The summed E-state index contributed by atoms with van der Waals surface area (Å²) in [5.41, 5.74) is 4.52. The van der Waals surface area contributed by atoms with Gasteiger partial charge in [-0.3, -0.25) is 0 Å². The lowest BCUT2D eigenvalue weighted by atomic mass is 9.97. The van der Waals surface area contributed by atoms with Crippen molar-refractivity contribution in [2.45, 2.75) is 0 Å². The van der Waals surface area contributed by atoms with Crippen LogP contribution in [-0.4, -0.2) is 0 Å². The molecule has 3 aromatic carbocycles. The molecule has 0 amide bonds. The molecule has 0 nitrogen and oxygen atoms in total. The predicted molar refractivity (Wildman–Crippen MR) is 100 cm³/mol. The summed E-state index contributed by atoms with van der Waals surface area (Å²) in [4.78, 5) is 0. The SMILES string of the molecule is Cl/C(=C\C=C(c1ccccc1)c1ccccc1)c1ccccc1. The molecular formula is C22H17Cl. The van der Waals surface area contributed by atoms with Crippen LogP contribution < -0.4 is 0 Å². The highest BCUT2D eigenvalue weighted by molar-refractivity contribution is 6.48. The van der Waals surface area contributed by atoms with Gasteiger partial charge in [0.1, 0.15) is 0 Å². The number of rotatable bonds is 4. The Bertz CT molecular complexity index is 759. The molecule has 112 valence electrons. The van der Waals surface area contributed by atoms with E-state index < -0.39 is 0 Å². The summed E-state index contributed by atoms with van der Waals surface area (Å²) >= 11 is 6.44. The van der Waals surface area contributed by atoms with Crippen LogP contribution in [0.2, 0.25) is 0 Å². The molecule has 0 aromatic heterocycles. The minimum Gasteiger partial charge on any atom is -0.0837 e. The van der Waals surface area contributed by atoms with Crippen LogP contribution in [-0.2, 0) is 0 Å². The van der Waals surface area contributed by atoms with E-state index in [1.54, 1.807) is 0 Å². The standard InChI is InChI=1S/C22H17Cl/c23-22(20-14-8-3-9-15-20)17-16-21(18-10-4-1-5-11-18)19-12-6-2-7-13-19/h1-17H/b22-17-. The lowest BCUT2D eigenvalue weighted by molar-refractivity contribution is 1.55. The monoisotopic (exact) mass is 316 g/mol. The molecule has 0 bridgehead atoms. The molecule has 0 radical (unpaired) electrons. The van der Waals surface area contributed by atoms with Crippen LogP contribution in [0.5, 0.6) is 0 Å². The molecule has 0 aliphatic heterocycles. The Kier molecular flexibility index (Phi) is 5.08. The molecule has 0 atom stereocenters. The maximum Gasteiger partial charge on any atom is 0.0478 e. The fraction of sp³-hybridized carbons (Fsp3) is 0. The average molecular weight is 317 g/mol. The van der Waals surface area contributed by atoms with E-state index in [-0.39, 0.29) is 0 Å².